The predicted octanol–water partition coefficient (Wildman–Crippen LogP) is 4.65. The smallest absolute Gasteiger partial charge is 0.353 e. The summed E-state index contributed by atoms with van der Waals surface area (Å²) in [7, 11) is 0. The lowest BCUT2D eigenvalue weighted by Crippen LogP contribution is -2.33. The Labute approximate surface area is 180 Å². The number of nitrogens with one attached hydrogen (secondary N) is 1. The molecule has 0 saturated carbocycles. The standard InChI is InChI=1S/C21H17BrN2O4S/c1-14(27-17-10-6-16(22)7-11-17)20(25)24-23-13-15-4-8-18(9-5-15)28-21(26)19-3-2-12-29-19/h2-14H,1H3,(H,24,25)/b23-13+. The minimum Gasteiger partial charge on any atom is -0.481 e. The van der Waals surface area contributed by atoms with Crippen LogP contribution in [0.1, 0.15) is 22.2 Å². The molecule has 1 N–H and O–H groups in total. The zero-order valence-corrected chi connectivity index (χ0v) is 17.8. The second-order valence-electron chi connectivity index (χ2n) is 5.88. The second-order valence-corrected chi connectivity index (χ2v) is 7.75. The van der Waals surface area contributed by atoms with Crippen molar-refractivity contribution in [3.05, 3.63) is 81.0 Å². The number of benzene rings is 2. The molecule has 1 unspecified atom stereocenters. The number of amides is 1. The molecular weight excluding hydrogens is 456 g/mol. The zero-order chi connectivity index (χ0) is 20.6. The van der Waals surface area contributed by atoms with Crippen molar-refractivity contribution in [2.45, 2.75) is 13.0 Å². The number of halogens is 1. The van der Waals surface area contributed by atoms with Crippen molar-refractivity contribution < 1.29 is 19.1 Å². The Morgan fingerprint density at radius 3 is 2.41 bits per heavy atom. The molecule has 0 fully saturated rings. The van der Waals surface area contributed by atoms with Gasteiger partial charge in [-0.3, -0.25) is 4.79 Å². The number of hydrogen-bond acceptors (Lipinski definition) is 6. The molecule has 0 aliphatic heterocycles. The van der Waals surface area contributed by atoms with Gasteiger partial charge in [0.2, 0.25) is 0 Å². The van der Waals surface area contributed by atoms with Crippen LogP contribution in [0.4, 0.5) is 0 Å². The maximum absolute atomic E-state index is 12.1. The summed E-state index contributed by atoms with van der Waals surface area (Å²) in [5.74, 6) is 0.257. The maximum Gasteiger partial charge on any atom is 0.353 e. The SMILES string of the molecule is CC(Oc1ccc(Br)cc1)C(=O)N/N=C/c1ccc(OC(=O)c2cccs2)cc1. The van der Waals surface area contributed by atoms with E-state index in [1.54, 1.807) is 55.5 Å². The van der Waals surface area contributed by atoms with E-state index in [1.165, 1.54) is 17.6 Å². The van der Waals surface area contributed by atoms with Gasteiger partial charge in [0.05, 0.1) is 6.21 Å². The van der Waals surface area contributed by atoms with Gasteiger partial charge in [-0.15, -0.1) is 11.3 Å². The van der Waals surface area contributed by atoms with Gasteiger partial charge in [0.1, 0.15) is 16.4 Å². The van der Waals surface area contributed by atoms with Crippen LogP contribution < -0.4 is 14.9 Å². The van der Waals surface area contributed by atoms with Crippen LogP contribution in [0, 0.1) is 0 Å². The largest absolute Gasteiger partial charge is 0.481 e. The first kappa shape index (κ1) is 20.8. The number of carbonyl (C=O) groups excluding carboxylic acids is 2. The van der Waals surface area contributed by atoms with E-state index in [0.29, 0.717) is 16.4 Å². The fraction of sp³-hybridized carbons (Fsp3) is 0.0952. The minimum absolute atomic E-state index is 0.370. The number of hydrogen-bond donors (Lipinski definition) is 1. The highest BCUT2D eigenvalue weighted by molar-refractivity contribution is 9.10. The molecule has 0 radical (unpaired) electrons. The lowest BCUT2D eigenvalue weighted by atomic mass is 10.2. The van der Waals surface area contributed by atoms with Gasteiger partial charge >= 0.3 is 5.97 Å². The van der Waals surface area contributed by atoms with Crippen LogP contribution in [0.3, 0.4) is 0 Å². The Hall–Kier alpha value is -2.97. The average molecular weight is 473 g/mol. The van der Waals surface area contributed by atoms with Crippen LogP contribution >= 0.6 is 27.3 Å². The van der Waals surface area contributed by atoms with Gasteiger partial charge in [0.15, 0.2) is 6.10 Å². The second kappa shape index (κ2) is 9.99. The molecule has 6 nitrogen and oxygen atoms in total. The van der Waals surface area contributed by atoms with E-state index >= 15 is 0 Å². The van der Waals surface area contributed by atoms with Gasteiger partial charge in [-0.25, -0.2) is 10.2 Å². The van der Waals surface area contributed by atoms with Gasteiger partial charge < -0.3 is 9.47 Å². The third-order valence-electron chi connectivity index (χ3n) is 3.70. The number of ether oxygens (including phenoxy) is 2. The molecule has 1 aromatic heterocycles. The van der Waals surface area contributed by atoms with E-state index < -0.39 is 12.1 Å². The Morgan fingerprint density at radius 2 is 1.76 bits per heavy atom. The number of rotatable bonds is 7. The van der Waals surface area contributed by atoms with Crippen molar-refractivity contribution >= 4 is 45.4 Å². The van der Waals surface area contributed by atoms with Crippen LogP contribution in [-0.4, -0.2) is 24.2 Å². The Kier molecular flexibility index (Phi) is 7.15. The van der Waals surface area contributed by atoms with Crippen LogP contribution in [0.25, 0.3) is 0 Å². The molecular formula is C21H17BrN2O4S. The molecule has 8 heteroatoms. The molecule has 29 heavy (non-hydrogen) atoms. The number of carbonyl (C=O) groups is 2. The fourth-order valence-corrected chi connectivity index (χ4v) is 3.07. The molecule has 1 amide bonds. The van der Waals surface area contributed by atoms with Crippen molar-refractivity contribution in [3.63, 3.8) is 0 Å². The lowest BCUT2D eigenvalue weighted by molar-refractivity contribution is -0.127. The summed E-state index contributed by atoms with van der Waals surface area (Å²) in [6.07, 6.45) is 0.794. The molecule has 1 atom stereocenters. The van der Waals surface area contributed by atoms with Crippen LogP contribution in [0.5, 0.6) is 11.5 Å². The van der Waals surface area contributed by atoms with Crippen molar-refractivity contribution in [1.82, 2.24) is 5.43 Å². The fourth-order valence-electron chi connectivity index (χ4n) is 2.21. The Morgan fingerprint density at radius 1 is 1.07 bits per heavy atom. The maximum atomic E-state index is 12.1. The number of hydrazone groups is 1. The van der Waals surface area contributed by atoms with Gasteiger partial charge in [-0.2, -0.15) is 5.10 Å². The molecule has 148 valence electrons. The summed E-state index contributed by atoms with van der Waals surface area (Å²) in [5, 5.41) is 5.75. The van der Waals surface area contributed by atoms with E-state index in [2.05, 4.69) is 26.5 Å². The lowest BCUT2D eigenvalue weighted by Gasteiger charge is -2.12. The summed E-state index contributed by atoms with van der Waals surface area (Å²) in [4.78, 5) is 24.5. The number of thiophene rings is 1. The summed E-state index contributed by atoms with van der Waals surface area (Å²) in [6, 6.07) is 17.5. The van der Waals surface area contributed by atoms with Gasteiger partial charge in [0.25, 0.3) is 5.91 Å². The average Bonchev–Trinajstić information content (AvgIpc) is 3.26. The number of nitrogens with zero attached hydrogens (tertiary/aromatic N) is 1. The molecule has 3 aromatic rings. The summed E-state index contributed by atoms with van der Waals surface area (Å²) in [6.45, 7) is 1.64. The van der Waals surface area contributed by atoms with Gasteiger partial charge in [-0.05, 0) is 72.5 Å². The quantitative estimate of drug-likeness (QED) is 0.235. The molecule has 0 spiro atoms. The highest BCUT2D eigenvalue weighted by Gasteiger charge is 2.13. The van der Waals surface area contributed by atoms with E-state index in [4.69, 9.17) is 9.47 Å². The number of esters is 1. The zero-order valence-electron chi connectivity index (χ0n) is 15.4. The summed E-state index contributed by atoms with van der Waals surface area (Å²) in [5.41, 5.74) is 3.18. The first-order chi connectivity index (χ1) is 14.0. The first-order valence-electron chi connectivity index (χ1n) is 8.62. The van der Waals surface area contributed by atoms with Crippen LogP contribution in [-0.2, 0) is 4.79 Å². The van der Waals surface area contributed by atoms with E-state index in [1.807, 2.05) is 17.5 Å². The summed E-state index contributed by atoms with van der Waals surface area (Å²) < 4.78 is 11.8. The monoisotopic (exact) mass is 472 g/mol. The van der Waals surface area contributed by atoms with Crippen molar-refractivity contribution in [3.8, 4) is 11.5 Å². The normalized spacial score (nSPS) is 11.8. The van der Waals surface area contributed by atoms with Crippen molar-refractivity contribution in [1.29, 1.82) is 0 Å². The van der Waals surface area contributed by atoms with E-state index in [-0.39, 0.29) is 5.91 Å². The molecule has 0 saturated heterocycles. The van der Waals surface area contributed by atoms with Gasteiger partial charge in [0, 0.05) is 4.47 Å². The molecule has 1 heterocycles. The molecule has 0 aliphatic carbocycles. The van der Waals surface area contributed by atoms with Crippen LogP contribution in [0.2, 0.25) is 0 Å². The van der Waals surface area contributed by atoms with Crippen molar-refractivity contribution in [2.24, 2.45) is 5.10 Å². The predicted molar refractivity (Wildman–Crippen MR) is 116 cm³/mol. The highest BCUT2D eigenvalue weighted by atomic mass is 79.9. The molecule has 0 bridgehead atoms. The Bertz CT molecular complexity index is 987. The molecule has 0 aliphatic rings. The molecule has 3 rings (SSSR count). The van der Waals surface area contributed by atoms with Gasteiger partial charge in [-0.1, -0.05) is 22.0 Å². The van der Waals surface area contributed by atoms with Crippen molar-refractivity contribution in [2.75, 3.05) is 0 Å². The molecule has 2 aromatic carbocycles. The summed E-state index contributed by atoms with van der Waals surface area (Å²) >= 11 is 4.67. The van der Waals surface area contributed by atoms with E-state index in [0.717, 1.165) is 10.0 Å². The highest BCUT2D eigenvalue weighted by Crippen LogP contribution is 2.18. The minimum atomic E-state index is -0.702. The topological polar surface area (TPSA) is 77.0 Å². The third kappa shape index (κ3) is 6.27. The first-order valence-corrected chi connectivity index (χ1v) is 10.3. The van der Waals surface area contributed by atoms with E-state index in [9.17, 15) is 9.59 Å². The third-order valence-corrected chi connectivity index (χ3v) is 5.08. The van der Waals surface area contributed by atoms with Crippen LogP contribution in [0.15, 0.2) is 75.6 Å². The Balaban J connectivity index is 1.48.